The topological polar surface area (TPSA) is 92.3 Å². The third-order valence-electron chi connectivity index (χ3n) is 4.39. The molecule has 0 radical (unpaired) electrons. The molecule has 0 atom stereocenters. The number of carbonyl (C=O) groups is 1. The quantitative estimate of drug-likeness (QED) is 0.316. The number of esters is 1. The number of aromatic nitrogens is 4. The summed E-state index contributed by atoms with van der Waals surface area (Å²) >= 11 is 0. The molecule has 0 unspecified atom stereocenters. The summed E-state index contributed by atoms with van der Waals surface area (Å²) in [5, 5.41) is 11.8. The average molecular weight is 416 g/mol. The maximum atomic E-state index is 13.1. The number of tetrazole rings is 1. The summed E-state index contributed by atoms with van der Waals surface area (Å²) in [6, 6.07) is 20.2. The molecule has 31 heavy (non-hydrogen) atoms. The number of para-hydroxylation sites is 1. The van der Waals surface area contributed by atoms with E-state index in [1.54, 1.807) is 18.2 Å². The number of hydrogen-bond acceptors (Lipinski definition) is 7. The fourth-order valence-electron chi connectivity index (χ4n) is 2.97. The van der Waals surface area contributed by atoms with Crippen LogP contribution in [-0.4, -0.2) is 32.8 Å². The Morgan fingerprint density at radius 2 is 1.87 bits per heavy atom. The lowest BCUT2D eigenvalue weighted by Gasteiger charge is -2.12. The lowest BCUT2D eigenvalue weighted by Crippen LogP contribution is -2.15. The molecule has 8 heteroatoms. The predicted molar refractivity (Wildman–Crippen MR) is 114 cm³/mol. The second-order valence-electron chi connectivity index (χ2n) is 6.44. The molecular weight excluding hydrogens is 396 g/mol. The van der Waals surface area contributed by atoms with Crippen molar-refractivity contribution >= 4 is 17.7 Å². The van der Waals surface area contributed by atoms with Crippen molar-refractivity contribution in [1.29, 1.82) is 0 Å². The minimum atomic E-state index is -0.604. The molecule has 2 heterocycles. The van der Waals surface area contributed by atoms with Gasteiger partial charge in [-0.25, -0.2) is 4.79 Å². The van der Waals surface area contributed by atoms with Crippen LogP contribution in [0, 0.1) is 0 Å². The highest BCUT2D eigenvalue weighted by Crippen LogP contribution is 2.23. The van der Waals surface area contributed by atoms with Gasteiger partial charge in [0.05, 0.1) is 12.9 Å². The largest absolute Gasteiger partial charge is 0.493 e. The molecule has 0 saturated carbocycles. The van der Waals surface area contributed by atoms with Gasteiger partial charge in [0.25, 0.3) is 0 Å². The summed E-state index contributed by atoms with van der Waals surface area (Å²) in [4.78, 5) is 13.1. The summed E-state index contributed by atoms with van der Waals surface area (Å²) in [5.41, 5.74) is 1.63. The summed E-state index contributed by atoms with van der Waals surface area (Å²) in [7, 11) is 0. The fraction of sp³-hybridized carbons (Fsp3) is 0.130. The number of carbonyl (C=O) groups excluding carboxylic acids is 1. The molecule has 0 aliphatic rings. The molecule has 8 nitrogen and oxygen atoms in total. The molecule has 0 N–H and O–H groups in total. The number of furan rings is 1. The summed E-state index contributed by atoms with van der Waals surface area (Å²) in [6.07, 6.45) is 3.06. The zero-order valence-electron chi connectivity index (χ0n) is 16.8. The lowest BCUT2D eigenvalue weighted by molar-refractivity contribution is -0.138. The number of rotatable bonds is 8. The van der Waals surface area contributed by atoms with Crippen molar-refractivity contribution < 1.29 is 18.7 Å². The maximum Gasteiger partial charge on any atom is 0.357 e. The molecule has 156 valence electrons. The predicted octanol–water partition coefficient (Wildman–Crippen LogP) is 4.07. The van der Waals surface area contributed by atoms with Crippen molar-refractivity contribution in [2.45, 2.75) is 13.5 Å². The highest BCUT2D eigenvalue weighted by atomic mass is 16.5. The van der Waals surface area contributed by atoms with Crippen LogP contribution >= 0.6 is 0 Å². The minimum Gasteiger partial charge on any atom is -0.493 e. The van der Waals surface area contributed by atoms with Gasteiger partial charge in [-0.3, -0.25) is 0 Å². The molecule has 2 aromatic heterocycles. The first-order valence-electron chi connectivity index (χ1n) is 9.73. The van der Waals surface area contributed by atoms with E-state index in [0.717, 1.165) is 11.1 Å². The number of ether oxygens (including phenoxy) is 2. The summed E-state index contributed by atoms with van der Waals surface area (Å²) in [6.45, 7) is 2.45. The Kier molecular flexibility index (Phi) is 6.18. The molecule has 0 fully saturated rings. The SMILES string of the molecule is CCOc1ccccc1COC(=O)/C(=C/c1ccco1)n1nnnc1-c1ccccc1. The second-order valence-corrected chi connectivity index (χ2v) is 6.44. The Hall–Kier alpha value is -4.20. The van der Waals surface area contributed by atoms with Crippen LogP contribution in [0.2, 0.25) is 0 Å². The van der Waals surface area contributed by atoms with Crippen LogP contribution in [0.15, 0.2) is 77.4 Å². The second kappa shape index (κ2) is 9.53. The first kappa shape index (κ1) is 20.1. The molecule has 0 spiro atoms. The number of hydrogen-bond donors (Lipinski definition) is 0. The Morgan fingerprint density at radius 1 is 1.06 bits per heavy atom. The molecule has 0 amide bonds. The van der Waals surface area contributed by atoms with Crippen LogP contribution in [0.3, 0.4) is 0 Å². The maximum absolute atomic E-state index is 13.1. The zero-order valence-corrected chi connectivity index (χ0v) is 16.8. The van der Waals surface area contributed by atoms with Crippen LogP contribution in [-0.2, 0) is 16.1 Å². The minimum absolute atomic E-state index is 0.0350. The first-order chi connectivity index (χ1) is 15.3. The van der Waals surface area contributed by atoms with Crippen molar-refractivity contribution in [3.8, 4) is 17.1 Å². The molecule has 0 aliphatic carbocycles. The van der Waals surface area contributed by atoms with Gasteiger partial charge in [0.2, 0.25) is 0 Å². The van der Waals surface area contributed by atoms with E-state index >= 15 is 0 Å². The van der Waals surface area contributed by atoms with Crippen molar-refractivity contribution in [3.05, 3.63) is 84.3 Å². The molecule has 0 aliphatic heterocycles. The summed E-state index contributed by atoms with van der Waals surface area (Å²) in [5.74, 6) is 0.940. The Labute approximate surface area is 178 Å². The van der Waals surface area contributed by atoms with Gasteiger partial charge >= 0.3 is 5.97 Å². The number of benzene rings is 2. The van der Waals surface area contributed by atoms with Gasteiger partial charge in [-0.1, -0.05) is 48.5 Å². The molecule has 0 bridgehead atoms. The van der Waals surface area contributed by atoms with Crippen LogP contribution in [0.5, 0.6) is 5.75 Å². The monoisotopic (exact) mass is 416 g/mol. The van der Waals surface area contributed by atoms with Gasteiger partial charge < -0.3 is 13.9 Å². The van der Waals surface area contributed by atoms with Gasteiger partial charge in [0.15, 0.2) is 11.5 Å². The van der Waals surface area contributed by atoms with Gasteiger partial charge in [-0.05, 0) is 35.5 Å². The van der Waals surface area contributed by atoms with Gasteiger partial charge in [0, 0.05) is 17.2 Å². The van der Waals surface area contributed by atoms with Crippen LogP contribution in [0.25, 0.3) is 23.2 Å². The highest BCUT2D eigenvalue weighted by Gasteiger charge is 2.21. The van der Waals surface area contributed by atoms with E-state index in [9.17, 15) is 4.79 Å². The molecular formula is C23H20N4O4. The highest BCUT2D eigenvalue weighted by molar-refractivity contribution is 6.15. The van der Waals surface area contributed by atoms with Crippen molar-refractivity contribution in [2.75, 3.05) is 6.61 Å². The van der Waals surface area contributed by atoms with E-state index in [0.29, 0.717) is 23.9 Å². The smallest absolute Gasteiger partial charge is 0.357 e. The first-order valence-corrected chi connectivity index (χ1v) is 9.73. The van der Waals surface area contributed by atoms with E-state index in [4.69, 9.17) is 13.9 Å². The third-order valence-corrected chi connectivity index (χ3v) is 4.39. The lowest BCUT2D eigenvalue weighted by atomic mass is 10.2. The van der Waals surface area contributed by atoms with E-state index in [2.05, 4.69) is 15.5 Å². The van der Waals surface area contributed by atoms with Crippen LogP contribution < -0.4 is 4.74 Å². The van der Waals surface area contributed by atoms with Gasteiger partial charge in [-0.15, -0.1) is 5.10 Å². The Bertz CT molecular complexity index is 1170. The van der Waals surface area contributed by atoms with Gasteiger partial charge in [0.1, 0.15) is 18.1 Å². The molecule has 4 rings (SSSR count). The zero-order chi connectivity index (χ0) is 21.5. The van der Waals surface area contributed by atoms with Gasteiger partial charge in [-0.2, -0.15) is 4.68 Å². The average Bonchev–Trinajstić information content (AvgIpc) is 3.49. The molecule has 2 aromatic carbocycles. The summed E-state index contributed by atoms with van der Waals surface area (Å²) < 4.78 is 17.9. The molecule has 4 aromatic rings. The standard InChI is InChI=1S/C23H20N4O4/c1-2-29-21-13-7-6-11-18(21)16-31-23(28)20(15-19-12-8-14-30-19)27-22(24-25-26-27)17-9-4-3-5-10-17/h3-15H,2,16H2,1H3/b20-15-. The van der Waals surface area contributed by atoms with Crippen molar-refractivity contribution in [3.63, 3.8) is 0 Å². The van der Waals surface area contributed by atoms with E-state index < -0.39 is 5.97 Å². The molecule has 0 saturated heterocycles. The van der Waals surface area contributed by atoms with E-state index in [1.165, 1.54) is 10.9 Å². The Morgan fingerprint density at radius 3 is 2.65 bits per heavy atom. The van der Waals surface area contributed by atoms with E-state index in [-0.39, 0.29) is 12.3 Å². The van der Waals surface area contributed by atoms with Crippen molar-refractivity contribution in [2.24, 2.45) is 0 Å². The Balaban J connectivity index is 1.65. The number of nitrogens with zero attached hydrogens (tertiary/aromatic N) is 4. The van der Waals surface area contributed by atoms with Crippen molar-refractivity contribution in [1.82, 2.24) is 20.2 Å². The van der Waals surface area contributed by atoms with Crippen LogP contribution in [0.1, 0.15) is 18.2 Å². The normalized spacial score (nSPS) is 11.3. The third kappa shape index (κ3) is 4.69. The van der Waals surface area contributed by atoms with Crippen LogP contribution in [0.4, 0.5) is 0 Å². The fourth-order valence-corrected chi connectivity index (χ4v) is 2.97. The van der Waals surface area contributed by atoms with E-state index in [1.807, 2.05) is 61.5 Å².